The summed E-state index contributed by atoms with van der Waals surface area (Å²) >= 11 is 0. The van der Waals surface area contributed by atoms with E-state index >= 15 is 0 Å². The van der Waals surface area contributed by atoms with Gasteiger partial charge in [-0.2, -0.15) is 0 Å². The van der Waals surface area contributed by atoms with E-state index in [1.54, 1.807) is 0 Å². The second-order valence-electron chi connectivity index (χ2n) is 4.66. The SMILES string of the molecule is CCNCc1cc(C)nc(OC2CCOCC2)c1. The Hall–Kier alpha value is -1.13. The molecule has 2 rings (SSSR count). The molecule has 1 aromatic rings. The molecule has 1 fully saturated rings. The highest BCUT2D eigenvalue weighted by molar-refractivity contribution is 5.24. The number of aromatic nitrogens is 1. The van der Waals surface area contributed by atoms with Gasteiger partial charge in [0.15, 0.2) is 0 Å². The van der Waals surface area contributed by atoms with Crippen molar-refractivity contribution in [3.63, 3.8) is 0 Å². The molecule has 0 radical (unpaired) electrons. The summed E-state index contributed by atoms with van der Waals surface area (Å²) < 4.78 is 11.3. The molecule has 0 aliphatic carbocycles. The van der Waals surface area contributed by atoms with Crippen LogP contribution in [0.3, 0.4) is 0 Å². The van der Waals surface area contributed by atoms with Crippen molar-refractivity contribution in [1.29, 1.82) is 0 Å². The van der Waals surface area contributed by atoms with Crippen LogP contribution in [0.1, 0.15) is 31.0 Å². The highest BCUT2D eigenvalue weighted by Gasteiger charge is 2.16. The van der Waals surface area contributed by atoms with Gasteiger partial charge in [-0.05, 0) is 25.1 Å². The van der Waals surface area contributed by atoms with Crippen LogP contribution in [0.25, 0.3) is 0 Å². The number of aryl methyl sites for hydroxylation is 1. The molecule has 0 unspecified atom stereocenters. The Labute approximate surface area is 109 Å². The van der Waals surface area contributed by atoms with Crippen molar-refractivity contribution in [3.8, 4) is 5.88 Å². The van der Waals surface area contributed by atoms with Crippen LogP contribution in [-0.4, -0.2) is 30.8 Å². The van der Waals surface area contributed by atoms with E-state index in [4.69, 9.17) is 9.47 Å². The molecular weight excluding hydrogens is 228 g/mol. The minimum Gasteiger partial charge on any atom is -0.474 e. The second kappa shape index (κ2) is 6.71. The molecule has 100 valence electrons. The number of nitrogens with one attached hydrogen (secondary N) is 1. The first kappa shape index (κ1) is 13.3. The molecule has 2 heterocycles. The number of rotatable bonds is 5. The number of ether oxygens (including phenoxy) is 2. The average Bonchev–Trinajstić information content (AvgIpc) is 2.37. The van der Waals surface area contributed by atoms with Gasteiger partial charge in [0.1, 0.15) is 6.10 Å². The van der Waals surface area contributed by atoms with Gasteiger partial charge < -0.3 is 14.8 Å². The maximum atomic E-state index is 5.94. The zero-order chi connectivity index (χ0) is 12.8. The van der Waals surface area contributed by atoms with E-state index in [1.165, 1.54) is 5.56 Å². The van der Waals surface area contributed by atoms with Gasteiger partial charge in [0.25, 0.3) is 0 Å². The summed E-state index contributed by atoms with van der Waals surface area (Å²) in [5, 5.41) is 3.32. The summed E-state index contributed by atoms with van der Waals surface area (Å²) in [6.07, 6.45) is 2.16. The van der Waals surface area contributed by atoms with Crippen LogP contribution in [0.5, 0.6) is 5.88 Å². The lowest BCUT2D eigenvalue weighted by molar-refractivity contribution is 0.0236. The largest absolute Gasteiger partial charge is 0.474 e. The molecule has 0 aromatic carbocycles. The minimum absolute atomic E-state index is 0.250. The molecule has 1 saturated heterocycles. The van der Waals surface area contributed by atoms with Crippen molar-refractivity contribution in [2.24, 2.45) is 0 Å². The highest BCUT2D eigenvalue weighted by Crippen LogP contribution is 2.18. The third kappa shape index (κ3) is 3.96. The monoisotopic (exact) mass is 250 g/mol. The number of pyridine rings is 1. The van der Waals surface area contributed by atoms with Gasteiger partial charge in [-0.1, -0.05) is 6.92 Å². The van der Waals surface area contributed by atoms with E-state index in [-0.39, 0.29) is 6.10 Å². The molecular formula is C14H22N2O2. The van der Waals surface area contributed by atoms with Gasteiger partial charge in [0, 0.05) is 31.1 Å². The summed E-state index contributed by atoms with van der Waals surface area (Å²) in [6, 6.07) is 4.13. The van der Waals surface area contributed by atoms with E-state index in [9.17, 15) is 0 Å². The first-order valence-corrected chi connectivity index (χ1v) is 6.70. The van der Waals surface area contributed by atoms with Crippen molar-refractivity contribution >= 4 is 0 Å². The molecule has 0 atom stereocenters. The highest BCUT2D eigenvalue weighted by atomic mass is 16.5. The van der Waals surface area contributed by atoms with Crippen molar-refractivity contribution in [1.82, 2.24) is 10.3 Å². The molecule has 18 heavy (non-hydrogen) atoms. The van der Waals surface area contributed by atoms with Crippen LogP contribution >= 0.6 is 0 Å². The Balaban J connectivity index is 1.99. The van der Waals surface area contributed by atoms with Crippen LogP contribution < -0.4 is 10.1 Å². The van der Waals surface area contributed by atoms with Crippen LogP contribution in [-0.2, 0) is 11.3 Å². The Kier molecular flexibility index (Phi) is 4.96. The van der Waals surface area contributed by atoms with Gasteiger partial charge in [-0.3, -0.25) is 0 Å². The zero-order valence-corrected chi connectivity index (χ0v) is 11.2. The number of nitrogens with zero attached hydrogens (tertiary/aromatic N) is 1. The second-order valence-corrected chi connectivity index (χ2v) is 4.66. The Morgan fingerprint density at radius 2 is 2.17 bits per heavy atom. The van der Waals surface area contributed by atoms with Crippen molar-refractivity contribution in [2.75, 3.05) is 19.8 Å². The predicted molar refractivity (Wildman–Crippen MR) is 70.8 cm³/mol. The number of hydrogen-bond donors (Lipinski definition) is 1. The van der Waals surface area contributed by atoms with Crippen LogP contribution in [0.2, 0.25) is 0 Å². The van der Waals surface area contributed by atoms with Crippen LogP contribution in [0.15, 0.2) is 12.1 Å². The fourth-order valence-electron chi connectivity index (χ4n) is 2.10. The Bertz CT molecular complexity index is 376. The Morgan fingerprint density at radius 3 is 2.89 bits per heavy atom. The van der Waals surface area contributed by atoms with Crippen LogP contribution in [0.4, 0.5) is 0 Å². The van der Waals surface area contributed by atoms with Gasteiger partial charge in [0.05, 0.1) is 13.2 Å². The zero-order valence-electron chi connectivity index (χ0n) is 11.2. The van der Waals surface area contributed by atoms with E-state index in [0.29, 0.717) is 0 Å². The first-order valence-electron chi connectivity index (χ1n) is 6.70. The smallest absolute Gasteiger partial charge is 0.214 e. The number of hydrogen-bond acceptors (Lipinski definition) is 4. The van der Waals surface area contributed by atoms with E-state index in [2.05, 4.69) is 23.3 Å². The maximum absolute atomic E-state index is 5.94. The first-order chi connectivity index (χ1) is 8.78. The lowest BCUT2D eigenvalue weighted by atomic mass is 10.1. The third-order valence-electron chi connectivity index (χ3n) is 3.02. The lowest BCUT2D eigenvalue weighted by Crippen LogP contribution is -2.26. The normalized spacial score (nSPS) is 16.8. The summed E-state index contributed by atoms with van der Waals surface area (Å²) in [5.41, 5.74) is 2.24. The topological polar surface area (TPSA) is 43.4 Å². The molecule has 0 spiro atoms. The molecule has 1 aliphatic heterocycles. The fourth-order valence-corrected chi connectivity index (χ4v) is 2.10. The Morgan fingerprint density at radius 1 is 1.39 bits per heavy atom. The van der Waals surface area contributed by atoms with E-state index in [0.717, 1.165) is 50.7 Å². The molecule has 1 aromatic heterocycles. The van der Waals surface area contributed by atoms with Crippen molar-refractivity contribution in [2.45, 2.75) is 39.3 Å². The third-order valence-corrected chi connectivity index (χ3v) is 3.02. The summed E-state index contributed by atoms with van der Waals surface area (Å²) in [4.78, 5) is 4.45. The standard InChI is InChI=1S/C14H22N2O2/c1-3-15-10-12-8-11(2)16-14(9-12)18-13-4-6-17-7-5-13/h8-9,13,15H,3-7,10H2,1-2H3. The van der Waals surface area contributed by atoms with E-state index < -0.39 is 0 Å². The molecule has 4 nitrogen and oxygen atoms in total. The predicted octanol–water partition coefficient (Wildman–Crippen LogP) is 2.06. The van der Waals surface area contributed by atoms with Gasteiger partial charge in [-0.15, -0.1) is 0 Å². The quantitative estimate of drug-likeness (QED) is 0.868. The van der Waals surface area contributed by atoms with Gasteiger partial charge in [-0.25, -0.2) is 4.98 Å². The maximum Gasteiger partial charge on any atom is 0.214 e. The van der Waals surface area contributed by atoms with Crippen molar-refractivity contribution in [3.05, 3.63) is 23.4 Å². The molecule has 0 amide bonds. The molecule has 0 saturated carbocycles. The lowest BCUT2D eigenvalue weighted by Gasteiger charge is -2.23. The van der Waals surface area contributed by atoms with Gasteiger partial charge >= 0.3 is 0 Å². The molecule has 0 bridgehead atoms. The van der Waals surface area contributed by atoms with Gasteiger partial charge in [0.2, 0.25) is 5.88 Å². The van der Waals surface area contributed by atoms with Crippen molar-refractivity contribution < 1.29 is 9.47 Å². The molecule has 1 N–H and O–H groups in total. The molecule has 4 heteroatoms. The fraction of sp³-hybridized carbons (Fsp3) is 0.643. The van der Waals surface area contributed by atoms with Crippen LogP contribution in [0, 0.1) is 6.92 Å². The molecule has 1 aliphatic rings. The summed E-state index contributed by atoms with van der Waals surface area (Å²) in [7, 11) is 0. The summed E-state index contributed by atoms with van der Waals surface area (Å²) in [6.45, 7) is 7.53. The summed E-state index contributed by atoms with van der Waals surface area (Å²) in [5.74, 6) is 0.745. The van der Waals surface area contributed by atoms with E-state index in [1.807, 2.05) is 13.0 Å². The minimum atomic E-state index is 0.250. The average molecular weight is 250 g/mol.